The van der Waals surface area contributed by atoms with Crippen LogP contribution in [-0.4, -0.2) is 30.1 Å². The molecule has 0 N–H and O–H groups in total. The molecule has 1 aromatic heterocycles. The Balaban J connectivity index is 1.35. The van der Waals surface area contributed by atoms with E-state index in [0.717, 1.165) is 10.2 Å². The lowest BCUT2D eigenvalue weighted by molar-refractivity contribution is -0.136. The zero-order valence-corrected chi connectivity index (χ0v) is 14.3. The molecule has 0 spiro atoms. The summed E-state index contributed by atoms with van der Waals surface area (Å²) in [5.41, 5.74) is 1.28. The minimum Gasteiger partial charge on any atom is -0.454 e. The Morgan fingerprint density at radius 3 is 2.88 bits per heavy atom. The molecule has 1 aliphatic heterocycles. The number of esters is 1. The van der Waals surface area contributed by atoms with E-state index in [1.807, 2.05) is 24.3 Å². The van der Waals surface area contributed by atoms with Crippen molar-refractivity contribution in [1.82, 2.24) is 4.98 Å². The van der Waals surface area contributed by atoms with Crippen molar-refractivity contribution in [2.75, 3.05) is 13.4 Å². The van der Waals surface area contributed by atoms with Gasteiger partial charge in [-0.15, -0.1) is 11.3 Å². The van der Waals surface area contributed by atoms with Gasteiger partial charge in [-0.3, -0.25) is 4.79 Å². The highest BCUT2D eigenvalue weighted by atomic mass is 32.1. The molecule has 0 atom stereocenters. The summed E-state index contributed by atoms with van der Waals surface area (Å²) in [6.45, 7) is -0.207. The highest BCUT2D eigenvalue weighted by Gasteiger charge is 2.16. The van der Waals surface area contributed by atoms with Crippen LogP contribution in [-0.2, 0) is 9.53 Å². The maximum absolute atomic E-state index is 12.1. The molecule has 1 aliphatic rings. The van der Waals surface area contributed by atoms with Crippen LogP contribution in [0.4, 0.5) is 0 Å². The van der Waals surface area contributed by atoms with E-state index in [-0.39, 0.29) is 19.2 Å². The van der Waals surface area contributed by atoms with Crippen molar-refractivity contribution in [2.24, 2.45) is 0 Å². The third-order valence-corrected chi connectivity index (χ3v) is 4.71. The van der Waals surface area contributed by atoms with Crippen LogP contribution in [0.25, 0.3) is 16.3 Å². The van der Waals surface area contributed by atoms with Gasteiger partial charge in [-0.2, -0.15) is 0 Å². The molecule has 4 rings (SSSR count). The number of Topliss-reactive ketones (excluding diaryl/α,β-unsaturated/α-hetero) is 1. The Morgan fingerprint density at radius 2 is 2.00 bits per heavy atom. The molecule has 0 unspecified atom stereocenters. The number of nitrogens with zero attached hydrogens (tertiary/aromatic N) is 1. The molecule has 0 aliphatic carbocycles. The van der Waals surface area contributed by atoms with Gasteiger partial charge in [-0.05, 0) is 36.4 Å². The predicted octanol–water partition coefficient (Wildman–Crippen LogP) is 3.46. The van der Waals surface area contributed by atoms with E-state index in [1.54, 1.807) is 24.3 Å². The lowest BCUT2D eigenvalue weighted by Crippen LogP contribution is -2.12. The summed E-state index contributed by atoms with van der Waals surface area (Å²) < 4.78 is 16.5. The molecule has 0 radical (unpaired) electrons. The van der Waals surface area contributed by atoms with Gasteiger partial charge in [0.25, 0.3) is 0 Å². The summed E-state index contributed by atoms with van der Waals surface area (Å²) in [5, 5.41) is 0.699. The lowest BCUT2D eigenvalue weighted by atomic mass is 10.1. The second-order valence-electron chi connectivity index (χ2n) is 5.45. The number of ether oxygens (including phenoxy) is 3. The van der Waals surface area contributed by atoms with E-state index in [2.05, 4.69) is 4.98 Å². The van der Waals surface area contributed by atoms with Crippen molar-refractivity contribution in [1.29, 1.82) is 0 Å². The topological polar surface area (TPSA) is 74.7 Å². The first kappa shape index (κ1) is 16.3. The fourth-order valence-corrected chi connectivity index (χ4v) is 3.31. The standard InChI is InChI=1S/C19H13NO5S/c21-14(12-5-6-15-16(9-12)25-11-24-15)10-23-19(22)8-7-18-20-13-3-1-2-4-17(13)26-18/h1-9H,10-11H2/b8-7+. The van der Waals surface area contributed by atoms with Crippen LogP contribution in [0, 0.1) is 0 Å². The molecule has 2 heterocycles. The molecule has 0 saturated carbocycles. The Kier molecular flexibility index (Phi) is 4.37. The third kappa shape index (κ3) is 3.43. The predicted molar refractivity (Wildman–Crippen MR) is 96.5 cm³/mol. The lowest BCUT2D eigenvalue weighted by Gasteiger charge is -2.03. The average Bonchev–Trinajstić information content (AvgIpc) is 3.29. The van der Waals surface area contributed by atoms with Crippen molar-refractivity contribution < 1.29 is 23.8 Å². The van der Waals surface area contributed by atoms with Crippen molar-refractivity contribution in [3.63, 3.8) is 0 Å². The van der Waals surface area contributed by atoms with E-state index in [1.165, 1.54) is 17.4 Å². The summed E-state index contributed by atoms with van der Waals surface area (Å²) in [4.78, 5) is 28.4. The molecule has 0 fully saturated rings. The number of ketones is 1. The van der Waals surface area contributed by atoms with Crippen LogP contribution >= 0.6 is 11.3 Å². The smallest absolute Gasteiger partial charge is 0.331 e. The Hall–Kier alpha value is -3.19. The van der Waals surface area contributed by atoms with Gasteiger partial charge in [0.1, 0.15) is 5.01 Å². The average molecular weight is 367 g/mol. The van der Waals surface area contributed by atoms with Crippen molar-refractivity contribution in [3.05, 3.63) is 59.1 Å². The monoisotopic (exact) mass is 367 g/mol. The van der Waals surface area contributed by atoms with Crippen LogP contribution in [0.1, 0.15) is 15.4 Å². The molecule has 2 aromatic carbocycles. The number of hydrogen-bond donors (Lipinski definition) is 0. The highest BCUT2D eigenvalue weighted by Crippen LogP contribution is 2.32. The quantitative estimate of drug-likeness (QED) is 0.391. The normalized spacial score (nSPS) is 12.6. The number of aromatic nitrogens is 1. The number of hydrogen-bond acceptors (Lipinski definition) is 7. The summed E-state index contributed by atoms with van der Waals surface area (Å²) in [6, 6.07) is 12.6. The van der Waals surface area contributed by atoms with E-state index in [0.29, 0.717) is 22.1 Å². The summed E-state index contributed by atoms with van der Waals surface area (Å²) in [5.74, 6) is 0.193. The van der Waals surface area contributed by atoms with Crippen LogP contribution in [0.5, 0.6) is 11.5 Å². The van der Waals surface area contributed by atoms with Crippen LogP contribution in [0.2, 0.25) is 0 Å². The minimum atomic E-state index is -0.599. The fraction of sp³-hybridized carbons (Fsp3) is 0.105. The van der Waals surface area contributed by atoms with Gasteiger partial charge in [0, 0.05) is 11.6 Å². The molecular formula is C19H13NO5S. The van der Waals surface area contributed by atoms with E-state index in [9.17, 15) is 9.59 Å². The number of fused-ring (bicyclic) bond motifs is 2. The molecule has 0 bridgehead atoms. The molecular weight excluding hydrogens is 354 g/mol. The second-order valence-corrected chi connectivity index (χ2v) is 6.51. The van der Waals surface area contributed by atoms with Gasteiger partial charge in [0.2, 0.25) is 6.79 Å². The molecule has 0 saturated heterocycles. The summed E-state index contributed by atoms with van der Waals surface area (Å²) in [7, 11) is 0. The molecule has 3 aromatic rings. The first-order chi connectivity index (χ1) is 12.7. The van der Waals surface area contributed by atoms with Gasteiger partial charge < -0.3 is 14.2 Å². The van der Waals surface area contributed by atoms with E-state index in [4.69, 9.17) is 14.2 Å². The third-order valence-electron chi connectivity index (χ3n) is 3.71. The molecule has 7 heteroatoms. The van der Waals surface area contributed by atoms with Crippen molar-refractivity contribution in [3.8, 4) is 11.5 Å². The number of benzene rings is 2. The SMILES string of the molecule is O=C(/C=C/c1nc2ccccc2s1)OCC(=O)c1ccc2c(c1)OCO2. The first-order valence-corrected chi connectivity index (χ1v) is 8.64. The number of para-hydroxylation sites is 1. The Labute approximate surface area is 152 Å². The second kappa shape index (κ2) is 6.97. The molecule has 6 nitrogen and oxygen atoms in total. The van der Waals surface area contributed by atoms with Gasteiger partial charge in [-0.25, -0.2) is 9.78 Å². The zero-order valence-electron chi connectivity index (χ0n) is 13.5. The Morgan fingerprint density at radius 1 is 1.15 bits per heavy atom. The van der Waals surface area contributed by atoms with Crippen molar-refractivity contribution >= 4 is 39.4 Å². The van der Waals surface area contributed by atoms with E-state index < -0.39 is 5.97 Å². The van der Waals surface area contributed by atoms with Crippen LogP contribution in [0.3, 0.4) is 0 Å². The van der Waals surface area contributed by atoms with Gasteiger partial charge >= 0.3 is 5.97 Å². The number of carbonyl (C=O) groups is 2. The maximum Gasteiger partial charge on any atom is 0.331 e. The summed E-state index contributed by atoms with van der Waals surface area (Å²) in [6.07, 6.45) is 2.85. The van der Waals surface area contributed by atoms with E-state index >= 15 is 0 Å². The van der Waals surface area contributed by atoms with Crippen molar-refractivity contribution in [2.45, 2.75) is 0 Å². The zero-order chi connectivity index (χ0) is 17.9. The number of carbonyl (C=O) groups excluding carboxylic acids is 2. The van der Waals surface area contributed by atoms with Crippen LogP contribution < -0.4 is 9.47 Å². The van der Waals surface area contributed by atoms with Gasteiger partial charge in [-0.1, -0.05) is 12.1 Å². The summed E-state index contributed by atoms with van der Waals surface area (Å²) >= 11 is 1.47. The highest BCUT2D eigenvalue weighted by molar-refractivity contribution is 7.19. The first-order valence-electron chi connectivity index (χ1n) is 7.82. The van der Waals surface area contributed by atoms with Crippen LogP contribution in [0.15, 0.2) is 48.5 Å². The number of rotatable bonds is 5. The molecule has 130 valence electrons. The molecule has 0 amide bonds. The Bertz CT molecular complexity index is 991. The molecule has 26 heavy (non-hydrogen) atoms. The van der Waals surface area contributed by atoms with Gasteiger partial charge in [0.05, 0.1) is 10.2 Å². The number of thiazole rings is 1. The maximum atomic E-state index is 12.1. The fourth-order valence-electron chi connectivity index (χ4n) is 2.44. The van der Waals surface area contributed by atoms with Gasteiger partial charge in [0.15, 0.2) is 23.9 Å². The largest absolute Gasteiger partial charge is 0.454 e. The minimum absolute atomic E-state index is 0.137.